The Morgan fingerprint density at radius 1 is 1.78 bits per heavy atom. The van der Waals surface area contributed by atoms with Gasteiger partial charge >= 0.3 is 6.09 Å². The minimum Gasteiger partial charge on any atom is -0.465 e. The molecule has 0 aliphatic heterocycles. The maximum absolute atomic E-state index is 9.89. The Morgan fingerprint density at radius 2 is 2.33 bits per heavy atom. The van der Waals surface area contributed by atoms with Gasteiger partial charge in [-0.05, 0) is 13.3 Å². The molecular formula is C5H11NO3. The lowest BCUT2D eigenvalue weighted by Gasteiger charge is -2.07. The lowest BCUT2D eigenvalue weighted by Crippen LogP contribution is -2.31. The highest BCUT2D eigenvalue weighted by molar-refractivity contribution is 5.64. The van der Waals surface area contributed by atoms with E-state index in [4.69, 9.17) is 10.2 Å². The van der Waals surface area contributed by atoms with Crippen molar-refractivity contribution < 1.29 is 15.0 Å². The molecule has 0 radical (unpaired) electrons. The van der Waals surface area contributed by atoms with Crippen LogP contribution in [0.2, 0.25) is 0 Å². The minimum atomic E-state index is -1.05. The molecule has 0 aliphatic rings. The number of nitrogens with one attached hydrogen (secondary N) is 1. The molecule has 0 aromatic carbocycles. The largest absolute Gasteiger partial charge is 0.465 e. The van der Waals surface area contributed by atoms with E-state index in [-0.39, 0.29) is 12.6 Å². The van der Waals surface area contributed by atoms with Crippen molar-refractivity contribution in [2.24, 2.45) is 0 Å². The van der Waals surface area contributed by atoms with E-state index < -0.39 is 6.09 Å². The molecule has 0 spiro atoms. The van der Waals surface area contributed by atoms with Crippen molar-refractivity contribution in [3.05, 3.63) is 0 Å². The van der Waals surface area contributed by atoms with Gasteiger partial charge in [0, 0.05) is 12.6 Å². The normalized spacial score (nSPS) is 12.7. The maximum Gasteiger partial charge on any atom is 0.404 e. The highest BCUT2D eigenvalue weighted by Crippen LogP contribution is 1.86. The van der Waals surface area contributed by atoms with Gasteiger partial charge in [0.1, 0.15) is 0 Å². The van der Waals surface area contributed by atoms with Gasteiger partial charge in [0.25, 0.3) is 0 Å². The highest BCUT2D eigenvalue weighted by atomic mass is 16.4. The van der Waals surface area contributed by atoms with Crippen LogP contribution in [0.25, 0.3) is 0 Å². The lowest BCUT2D eigenvalue weighted by atomic mass is 10.2. The summed E-state index contributed by atoms with van der Waals surface area (Å²) in [6.45, 7) is 1.71. The number of carbonyl (C=O) groups is 1. The second kappa shape index (κ2) is 4.14. The number of hydrogen-bond donors (Lipinski definition) is 3. The first-order valence-corrected chi connectivity index (χ1v) is 2.77. The summed E-state index contributed by atoms with van der Waals surface area (Å²) in [5.74, 6) is 0. The van der Waals surface area contributed by atoms with Gasteiger partial charge in [-0.3, -0.25) is 0 Å². The number of amides is 1. The van der Waals surface area contributed by atoms with E-state index in [1.807, 2.05) is 0 Å². The van der Waals surface area contributed by atoms with Crippen LogP contribution in [0.3, 0.4) is 0 Å². The predicted octanol–water partition coefficient (Wildman–Crippen LogP) is 0.0249. The van der Waals surface area contributed by atoms with E-state index in [0.29, 0.717) is 6.42 Å². The third-order valence-electron chi connectivity index (χ3n) is 0.932. The molecular weight excluding hydrogens is 122 g/mol. The van der Waals surface area contributed by atoms with Gasteiger partial charge in [0.15, 0.2) is 0 Å². The molecule has 1 atom stereocenters. The molecule has 0 bridgehead atoms. The number of carboxylic acid groups (broad SMARTS) is 1. The van der Waals surface area contributed by atoms with Gasteiger partial charge in [0.05, 0.1) is 0 Å². The lowest BCUT2D eigenvalue weighted by molar-refractivity contribution is 0.187. The van der Waals surface area contributed by atoms with Crippen LogP contribution in [0.4, 0.5) is 4.79 Å². The molecule has 0 rings (SSSR count). The fourth-order valence-corrected chi connectivity index (χ4v) is 0.477. The van der Waals surface area contributed by atoms with Crippen LogP contribution in [-0.4, -0.2) is 29.0 Å². The smallest absolute Gasteiger partial charge is 0.404 e. The molecule has 4 nitrogen and oxygen atoms in total. The fraction of sp³-hybridized carbons (Fsp3) is 0.800. The third kappa shape index (κ3) is 5.10. The van der Waals surface area contributed by atoms with Gasteiger partial charge in [0.2, 0.25) is 0 Å². The molecule has 1 amide bonds. The summed E-state index contributed by atoms with van der Waals surface area (Å²) in [4.78, 5) is 9.89. The van der Waals surface area contributed by atoms with Crippen molar-refractivity contribution >= 4 is 6.09 Å². The van der Waals surface area contributed by atoms with Crippen LogP contribution < -0.4 is 5.32 Å². The van der Waals surface area contributed by atoms with Crippen molar-refractivity contribution in [3.63, 3.8) is 0 Å². The third-order valence-corrected chi connectivity index (χ3v) is 0.932. The van der Waals surface area contributed by atoms with Gasteiger partial charge in [-0.1, -0.05) is 0 Å². The standard InChI is InChI=1S/C5H11NO3/c1-4(2-3-7)6-5(8)9/h4,6-7H,2-3H2,1H3,(H,8,9)/t4-/m0/s1. The minimum absolute atomic E-state index is 0.0153. The summed E-state index contributed by atoms with van der Waals surface area (Å²) in [7, 11) is 0. The average molecular weight is 133 g/mol. The molecule has 3 N–H and O–H groups in total. The first kappa shape index (κ1) is 8.23. The average Bonchev–Trinajstić information content (AvgIpc) is 1.63. The van der Waals surface area contributed by atoms with Gasteiger partial charge in [-0.15, -0.1) is 0 Å². The molecule has 0 saturated carbocycles. The SMILES string of the molecule is C[C@@H](CCO)NC(=O)O. The monoisotopic (exact) mass is 133 g/mol. The van der Waals surface area contributed by atoms with E-state index in [0.717, 1.165) is 0 Å². The fourth-order valence-electron chi connectivity index (χ4n) is 0.477. The zero-order valence-corrected chi connectivity index (χ0v) is 5.29. The molecule has 0 aliphatic carbocycles. The van der Waals surface area contributed by atoms with Crippen molar-refractivity contribution in [2.75, 3.05) is 6.61 Å². The van der Waals surface area contributed by atoms with Crippen LogP contribution in [0.1, 0.15) is 13.3 Å². The predicted molar refractivity (Wildman–Crippen MR) is 32.3 cm³/mol. The molecule has 0 unspecified atom stereocenters. The molecule has 0 aromatic heterocycles. The Bertz CT molecular complexity index is 94.2. The molecule has 0 saturated heterocycles. The number of hydrogen-bond acceptors (Lipinski definition) is 2. The van der Waals surface area contributed by atoms with Crippen molar-refractivity contribution in [3.8, 4) is 0 Å². The first-order chi connectivity index (χ1) is 4.16. The van der Waals surface area contributed by atoms with Crippen LogP contribution in [0.15, 0.2) is 0 Å². The highest BCUT2D eigenvalue weighted by Gasteiger charge is 2.01. The molecule has 4 heteroatoms. The number of rotatable bonds is 3. The Hall–Kier alpha value is -0.770. The topological polar surface area (TPSA) is 69.6 Å². The van der Waals surface area contributed by atoms with Crippen LogP contribution in [0, 0.1) is 0 Å². The Labute approximate surface area is 53.5 Å². The van der Waals surface area contributed by atoms with E-state index in [9.17, 15) is 4.79 Å². The second-order valence-corrected chi connectivity index (χ2v) is 1.86. The summed E-state index contributed by atoms with van der Waals surface area (Å²) in [5, 5.41) is 18.6. The van der Waals surface area contributed by atoms with Gasteiger partial charge < -0.3 is 15.5 Å². The van der Waals surface area contributed by atoms with Crippen molar-refractivity contribution in [2.45, 2.75) is 19.4 Å². The summed E-state index contributed by atoms with van der Waals surface area (Å²) in [5.41, 5.74) is 0. The van der Waals surface area contributed by atoms with Gasteiger partial charge in [-0.25, -0.2) is 4.79 Å². The van der Waals surface area contributed by atoms with E-state index in [2.05, 4.69) is 5.32 Å². The van der Waals surface area contributed by atoms with Gasteiger partial charge in [-0.2, -0.15) is 0 Å². The molecule has 9 heavy (non-hydrogen) atoms. The quantitative estimate of drug-likeness (QED) is 0.508. The van der Waals surface area contributed by atoms with Crippen molar-refractivity contribution in [1.29, 1.82) is 0 Å². The van der Waals surface area contributed by atoms with Crippen LogP contribution in [-0.2, 0) is 0 Å². The Balaban J connectivity index is 3.26. The molecule has 0 aromatic rings. The molecule has 0 fully saturated rings. The Kier molecular flexibility index (Phi) is 3.79. The number of aliphatic hydroxyl groups excluding tert-OH is 1. The summed E-state index contributed by atoms with van der Waals surface area (Å²) < 4.78 is 0. The zero-order valence-electron chi connectivity index (χ0n) is 5.29. The molecule has 54 valence electrons. The summed E-state index contributed by atoms with van der Waals surface area (Å²) in [6, 6.07) is -0.160. The van der Waals surface area contributed by atoms with Crippen LogP contribution in [0.5, 0.6) is 0 Å². The van der Waals surface area contributed by atoms with E-state index >= 15 is 0 Å². The van der Waals surface area contributed by atoms with E-state index in [1.54, 1.807) is 6.92 Å². The summed E-state index contributed by atoms with van der Waals surface area (Å²) in [6.07, 6.45) is -0.581. The maximum atomic E-state index is 9.89. The summed E-state index contributed by atoms with van der Waals surface area (Å²) >= 11 is 0. The first-order valence-electron chi connectivity index (χ1n) is 2.77. The second-order valence-electron chi connectivity index (χ2n) is 1.86. The van der Waals surface area contributed by atoms with Crippen LogP contribution >= 0.6 is 0 Å². The van der Waals surface area contributed by atoms with E-state index in [1.165, 1.54) is 0 Å². The van der Waals surface area contributed by atoms with Crippen molar-refractivity contribution in [1.82, 2.24) is 5.32 Å². The molecule has 0 heterocycles. The number of aliphatic hydroxyl groups is 1. The zero-order chi connectivity index (χ0) is 7.28. The Morgan fingerprint density at radius 3 is 2.67 bits per heavy atom.